The normalized spacial score (nSPS) is 17.9. The van der Waals surface area contributed by atoms with E-state index in [0.29, 0.717) is 34.3 Å². The van der Waals surface area contributed by atoms with Gasteiger partial charge in [0.15, 0.2) is 5.78 Å². The van der Waals surface area contributed by atoms with Gasteiger partial charge in [0.05, 0.1) is 20.6 Å². The maximum atomic E-state index is 12.7. The van der Waals surface area contributed by atoms with Crippen LogP contribution in [0.4, 0.5) is 0 Å². The highest BCUT2D eigenvalue weighted by Crippen LogP contribution is 2.44. The number of Topliss-reactive ketones (excluding diaryl/α,β-unsaturated/α-hetero) is 1. The minimum atomic E-state index is -0.437. The highest BCUT2D eigenvalue weighted by Gasteiger charge is 2.33. The summed E-state index contributed by atoms with van der Waals surface area (Å²) in [6.45, 7) is -0.0428. The number of benzene rings is 2. The van der Waals surface area contributed by atoms with Crippen LogP contribution in [0.3, 0.4) is 0 Å². The Bertz CT molecular complexity index is 813. The van der Waals surface area contributed by atoms with Crippen molar-refractivity contribution in [2.75, 3.05) is 21.0 Å². The second kappa shape index (κ2) is 5.63. The van der Waals surface area contributed by atoms with Crippen LogP contribution in [-0.2, 0) is 0 Å². The molecule has 0 N–H and O–H groups in total. The van der Waals surface area contributed by atoms with Crippen molar-refractivity contribution in [3.8, 4) is 28.7 Å². The molecule has 2 aromatic rings. The summed E-state index contributed by atoms with van der Waals surface area (Å²) in [4.78, 5) is 12.7. The zero-order valence-corrected chi connectivity index (χ0v) is 13.3. The van der Waals surface area contributed by atoms with E-state index >= 15 is 0 Å². The highest BCUT2D eigenvalue weighted by molar-refractivity contribution is 6.03. The van der Waals surface area contributed by atoms with Crippen molar-refractivity contribution in [3.05, 3.63) is 41.5 Å². The van der Waals surface area contributed by atoms with Gasteiger partial charge in [-0.3, -0.25) is 4.79 Å². The fraction of sp³-hybridized carbons (Fsp3) is 0.278. The summed E-state index contributed by atoms with van der Waals surface area (Å²) < 4.78 is 28.0. The number of hydrogen-bond acceptors (Lipinski definition) is 6. The molecule has 2 aromatic carbocycles. The Morgan fingerprint density at radius 3 is 2.67 bits per heavy atom. The minimum Gasteiger partial charge on any atom is -0.496 e. The van der Waals surface area contributed by atoms with Crippen LogP contribution in [0.15, 0.2) is 30.3 Å². The van der Waals surface area contributed by atoms with Gasteiger partial charge in [0, 0.05) is 23.8 Å². The smallest absolute Gasteiger partial charge is 0.230 e. The molecule has 6 nitrogen and oxygen atoms in total. The Hall–Kier alpha value is -2.89. The van der Waals surface area contributed by atoms with Gasteiger partial charge < -0.3 is 23.7 Å². The van der Waals surface area contributed by atoms with Crippen LogP contribution in [0, 0.1) is 0 Å². The maximum absolute atomic E-state index is 12.7. The zero-order valence-electron chi connectivity index (χ0n) is 13.3. The van der Waals surface area contributed by atoms with Gasteiger partial charge in [-0.25, -0.2) is 0 Å². The van der Waals surface area contributed by atoms with Crippen LogP contribution in [0.25, 0.3) is 0 Å². The molecule has 24 heavy (non-hydrogen) atoms. The summed E-state index contributed by atoms with van der Waals surface area (Å²) in [5.74, 6) is 2.57. The standard InChI is InChI=1S/C18H16O6/c1-20-11-6-16-18-13(19)8-15(24-17(18)7-11)12-4-3-10(22-9-23-16)5-14(12)21-2/h3-7,15H,8-9H2,1-2H3/t15-/m0/s1. The Morgan fingerprint density at radius 2 is 1.88 bits per heavy atom. The molecule has 0 amide bonds. The highest BCUT2D eigenvalue weighted by atomic mass is 16.7. The van der Waals surface area contributed by atoms with E-state index in [1.54, 1.807) is 38.5 Å². The number of carbonyl (C=O) groups is 1. The Morgan fingerprint density at radius 1 is 1.04 bits per heavy atom. The van der Waals surface area contributed by atoms with E-state index in [-0.39, 0.29) is 19.0 Å². The van der Waals surface area contributed by atoms with Crippen LogP contribution in [0.2, 0.25) is 0 Å². The molecular weight excluding hydrogens is 312 g/mol. The van der Waals surface area contributed by atoms with E-state index in [1.807, 2.05) is 6.07 Å². The molecule has 0 saturated heterocycles. The summed E-state index contributed by atoms with van der Waals surface area (Å²) in [5.41, 5.74) is 1.22. The fourth-order valence-corrected chi connectivity index (χ4v) is 3.01. The molecular formula is C18H16O6. The molecule has 5 aliphatic rings. The first-order chi connectivity index (χ1) is 11.7. The van der Waals surface area contributed by atoms with Gasteiger partial charge in [-0.05, 0) is 12.1 Å². The summed E-state index contributed by atoms with van der Waals surface area (Å²) >= 11 is 0. The van der Waals surface area contributed by atoms with Crippen LogP contribution in [-0.4, -0.2) is 26.8 Å². The molecule has 0 radical (unpaired) electrons. The van der Waals surface area contributed by atoms with Gasteiger partial charge in [0.25, 0.3) is 0 Å². The molecule has 5 aliphatic heterocycles. The lowest BCUT2D eigenvalue weighted by molar-refractivity contribution is 0.0810. The second-order valence-corrected chi connectivity index (χ2v) is 5.54. The number of hydrogen-bond donors (Lipinski definition) is 0. The molecule has 7 rings (SSSR count). The molecule has 6 heteroatoms. The fourth-order valence-electron chi connectivity index (χ4n) is 3.01. The third-order valence-electron chi connectivity index (χ3n) is 4.19. The number of ether oxygens (including phenoxy) is 5. The van der Waals surface area contributed by atoms with Crippen molar-refractivity contribution in [2.24, 2.45) is 0 Å². The summed E-state index contributed by atoms with van der Waals surface area (Å²) in [7, 11) is 3.12. The minimum absolute atomic E-state index is 0.0428. The lowest BCUT2D eigenvalue weighted by Crippen LogP contribution is -2.23. The van der Waals surface area contributed by atoms with Gasteiger partial charge in [-0.1, -0.05) is 0 Å². The Labute approximate surface area is 138 Å². The summed E-state index contributed by atoms with van der Waals surface area (Å²) in [6.07, 6.45) is -0.222. The van der Waals surface area contributed by atoms with E-state index in [9.17, 15) is 4.79 Å². The number of rotatable bonds is 2. The monoisotopic (exact) mass is 328 g/mol. The Kier molecular flexibility index (Phi) is 3.45. The van der Waals surface area contributed by atoms with Crippen LogP contribution in [0.1, 0.15) is 28.4 Å². The van der Waals surface area contributed by atoms with E-state index < -0.39 is 6.10 Å². The number of methoxy groups -OCH3 is 2. The van der Waals surface area contributed by atoms with Crippen molar-refractivity contribution >= 4 is 5.78 Å². The van der Waals surface area contributed by atoms with Gasteiger partial charge >= 0.3 is 0 Å². The molecule has 6 bridgehead atoms. The lowest BCUT2D eigenvalue weighted by Gasteiger charge is -2.29. The average Bonchev–Trinajstić information content (AvgIpc) is 2.59. The topological polar surface area (TPSA) is 63.2 Å². The van der Waals surface area contributed by atoms with Gasteiger partial charge in [0.1, 0.15) is 40.4 Å². The number of ketones is 1. The average molecular weight is 328 g/mol. The van der Waals surface area contributed by atoms with Gasteiger partial charge in [-0.2, -0.15) is 0 Å². The first-order valence-corrected chi connectivity index (χ1v) is 7.55. The SMILES string of the molecule is COc1cc2c3c(c1)O[C@@H](CC3=O)c1ccc(cc1OC)OCO2. The molecule has 0 saturated carbocycles. The second-order valence-electron chi connectivity index (χ2n) is 5.54. The molecule has 0 aliphatic carbocycles. The maximum Gasteiger partial charge on any atom is 0.230 e. The van der Waals surface area contributed by atoms with E-state index in [1.165, 1.54) is 0 Å². The zero-order chi connectivity index (χ0) is 16.7. The van der Waals surface area contributed by atoms with E-state index in [0.717, 1.165) is 5.56 Å². The van der Waals surface area contributed by atoms with Crippen LogP contribution < -0.4 is 23.7 Å². The molecule has 0 fully saturated rings. The van der Waals surface area contributed by atoms with Crippen LogP contribution >= 0.6 is 0 Å². The largest absolute Gasteiger partial charge is 0.496 e. The molecule has 0 spiro atoms. The number of carbonyl (C=O) groups excluding carboxylic acids is 1. The van der Waals surface area contributed by atoms with Crippen molar-refractivity contribution in [3.63, 3.8) is 0 Å². The summed E-state index contributed by atoms with van der Waals surface area (Å²) in [5, 5.41) is 0. The van der Waals surface area contributed by atoms with Crippen molar-refractivity contribution < 1.29 is 28.5 Å². The lowest BCUT2D eigenvalue weighted by atomic mass is 9.94. The third kappa shape index (κ3) is 2.31. The quantitative estimate of drug-likeness (QED) is 0.844. The first-order valence-electron chi connectivity index (χ1n) is 7.55. The molecule has 1 atom stereocenters. The molecule has 5 heterocycles. The van der Waals surface area contributed by atoms with Crippen molar-refractivity contribution in [1.82, 2.24) is 0 Å². The summed E-state index contributed by atoms with van der Waals surface area (Å²) in [6, 6.07) is 8.77. The van der Waals surface area contributed by atoms with Crippen LogP contribution in [0.5, 0.6) is 28.7 Å². The van der Waals surface area contributed by atoms with Gasteiger partial charge in [0.2, 0.25) is 6.79 Å². The molecule has 0 aromatic heterocycles. The van der Waals surface area contributed by atoms with E-state index in [2.05, 4.69) is 0 Å². The Balaban J connectivity index is 1.90. The van der Waals surface area contributed by atoms with E-state index in [4.69, 9.17) is 23.7 Å². The predicted octanol–water partition coefficient (Wildman–Crippen LogP) is 3.14. The first kappa shape index (κ1) is 14.7. The van der Waals surface area contributed by atoms with Gasteiger partial charge in [-0.15, -0.1) is 0 Å². The van der Waals surface area contributed by atoms with Crippen molar-refractivity contribution in [2.45, 2.75) is 12.5 Å². The third-order valence-corrected chi connectivity index (χ3v) is 4.19. The predicted molar refractivity (Wildman–Crippen MR) is 84.4 cm³/mol. The molecule has 124 valence electrons. The van der Waals surface area contributed by atoms with Crippen molar-refractivity contribution in [1.29, 1.82) is 0 Å². The molecule has 0 unspecified atom stereocenters.